The van der Waals surface area contributed by atoms with E-state index in [2.05, 4.69) is 16.9 Å². The fourth-order valence-corrected chi connectivity index (χ4v) is 3.41. The number of nitrogens with one attached hydrogen (secondary N) is 1. The van der Waals surface area contributed by atoms with Crippen molar-refractivity contribution in [3.63, 3.8) is 0 Å². The molecule has 9 nitrogen and oxygen atoms in total. The van der Waals surface area contributed by atoms with Crippen LogP contribution in [0.4, 0.5) is 0 Å². The SMILES string of the molecule is C=CCOP(=O)(CCC1=NCCN1)OC(C)(C(=O)O)C(=O)O.[NaH]. The van der Waals surface area contributed by atoms with Crippen LogP contribution >= 0.6 is 7.60 Å². The Bertz CT molecular complexity index is 524. The quantitative estimate of drug-likeness (QED) is 0.216. The van der Waals surface area contributed by atoms with Gasteiger partial charge in [0.25, 0.3) is 5.60 Å². The molecule has 0 aromatic carbocycles. The average Bonchev–Trinajstić information content (AvgIpc) is 2.96. The molecule has 23 heavy (non-hydrogen) atoms. The van der Waals surface area contributed by atoms with Gasteiger partial charge in [0.15, 0.2) is 0 Å². The van der Waals surface area contributed by atoms with E-state index in [1.54, 1.807) is 0 Å². The molecule has 1 aliphatic rings. The predicted molar refractivity (Wildman–Crippen MR) is 85.5 cm³/mol. The van der Waals surface area contributed by atoms with Crippen molar-refractivity contribution in [3.8, 4) is 0 Å². The van der Waals surface area contributed by atoms with Crippen molar-refractivity contribution >= 4 is 54.9 Å². The van der Waals surface area contributed by atoms with Gasteiger partial charge in [-0.25, -0.2) is 9.59 Å². The molecule has 1 rings (SSSR count). The van der Waals surface area contributed by atoms with Gasteiger partial charge in [-0.15, -0.1) is 6.58 Å². The van der Waals surface area contributed by atoms with Crippen LogP contribution in [0.3, 0.4) is 0 Å². The summed E-state index contributed by atoms with van der Waals surface area (Å²) < 4.78 is 22.6. The van der Waals surface area contributed by atoms with E-state index in [1.807, 2.05) is 0 Å². The van der Waals surface area contributed by atoms with Crippen LogP contribution < -0.4 is 5.32 Å². The summed E-state index contributed by atoms with van der Waals surface area (Å²) in [5.74, 6) is -2.93. The number of aliphatic imine (C=N–C) groups is 1. The van der Waals surface area contributed by atoms with Gasteiger partial charge in [-0.2, -0.15) is 0 Å². The van der Waals surface area contributed by atoms with Gasteiger partial charge < -0.3 is 20.1 Å². The first-order chi connectivity index (χ1) is 10.2. The van der Waals surface area contributed by atoms with E-state index in [9.17, 15) is 14.2 Å². The Morgan fingerprint density at radius 1 is 1.48 bits per heavy atom. The molecule has 0 fully saturated rings. The first-order valence-corrected chi connectivity index (χ1v) is 8.25. The van der Waals surface area contributed by atoms with Crippen molar-refractivity contribution in [2.45, 2.75) is 18.9 Å². The normalized spacial score (nSPS) is 16.5. The first kappa shape index (κ1) is 22.3. The van der Waals surface area contributed by atoms with E-state index in [0.717, 1.165) is 6.92 Å². The molecule has 0 aliphatic carbocycles. The number of carboxylic acid groups (broad SMARTS) is 2. The summed E-state index contributed by atoms with van der Waals surface area (Å²) in [6.45, 7) is 5.31. The fourth-order valence-electron chi connectivity index (χ4n) is 1.61. The molecular formula is C12H20N2NaO7P. The van der Waals surface area contributed by atoms with Gasteiger partial charge in [-0.05, 0) is 6.92 Å². The Labute approximate surface area is 156 Å². The third-order valence-corrected chi connectivity index (χ3v) is 4.85. The van der Waals surface area contributed by atoms with Crippen LogP contribution in [0.15, 0.2) is 17.6 Å². The van der Waals surface area contributed by atoms with E-state index in [1.165, 1.54) is 6.08 Å². The Hall–Kier alpha value is -0.700. The average molecular weight is 358 g/mol. The van der Waals surface area contributed by atoms with Gasteiger partial charge in [0, 0.05) is 13.0 Å². The second-order valence-electron chi connectivity index (χ2n) is 4.66. The van der Waals surface area contributed by atoms with Crippen molar-refractivity contribution in [3.05, 3.63) is 12.7 Å². The molecule has 3 N–H and O–H groups in total. The Kier molecular flexibility index (Phi) is 9.27. The van der Waals surface area contributed by atoms with Crippen LogP contribution in [-0.4, -0.2) is 89.0 Å². The Balaban J connectivity index is 0.00000484. The number of carbonyl (C=O) groups is 2. The van der Waals surface area contributed by atoms with Crippen LogP contribution in [0.2, 0.25) is 0 Å². The summed E-state index contributed by atoms with van der Waals surface area (Å²) in [5.41, 5.74) is -2.67. The molecule has 126 valence electrons. The van der Waals surface area contributed by atoms with Gasteiger partial charge >= 0.3 is 49.1 Å². The first-order valence-electron chi connectivity index (χ1n) is 6.53. The van der Waals surface area contributed by atoms with E-state index < -0.39 is 25.1 Å². The molecule has 0 saturated heterocycles. The molecule has 0 aromatic heterocycles. The minimum absolute atomic E-state index is 0. The van der Waals surface area contributed by atoms with E-state index in [4.69, 9.17) is 19.3 Å². The number of rotatable bonds is 10. The molecule has 1 unspecified atom stereocenters. The summed E-state index contributed by atoms with van der Waals surface area (Å²) >= 11 is 0. The number of aliphatic carboxylic acids is 2. The zero-order valence-corrected chi connectivity index (χ0v) is 13.0. The summed E-state index contributed by atoms with van der Waals surface area (Å²) in [4.78, 5) is 26.4. The number of amidine groups is 1. The van der Waals surface area contributed by atoms with Crippen molar-refractivity contribution in [1.29, 1.82) is 0 Å². The van der Waals surface area contributed by atoms with Crippen LogP contribution in [0.25, 0.3) is 0 Å². The molecular weight excluding hydrogens is 338 g/mol. The Morgan fingerprint density at radius 3 is 2.52 bits per heavy atom. The van der Waals surface area contributed by atoms with Gasteiger partial charge in [-0.3, -0.25) is 14.1 Å². The van der Waals surface area contributed by atoms with Crippen LogP contribution in [0.5, 0.6) is 0 Å². The third kappa shape index (κ3) is 6.37. The molecule has 0 aromatic rings. The predicted octanol–water partition coefficient (Wildman–Crippen LogP) is 0.0699. The molecule has 0 spiro atoms. The zero-order valence-electron chi connectivity index (χ0n) is 12.2. The molecule has 1 atom stereocenters. The number of carboxylic acids is 2. The zero-order chi connectivity index (χ0) is 16.8. The van der Waals surface area contributed by atoms with E-state index in [0.29, 0.717) is 18.9 Å². The van der Waals surface area contributed by atoms with E-state index in [-0.39, 0.29) is 48.7 Å². The maximum atomic E-state index is 12.7. The van der Waals surface area contributed by atoms with Crippen molar-refractivity contribution in [2.75, 3.05) is 25.9 Å². The number of nitrogens with zero attached hydrogens (tertiary/aromatic N) is 1. The van der Waals surface area contributed by atoms with E-state index >= 15 is 0 Å². The Morgan fingerprint density at radius 2 is 2.09 bits per heavy atom. The molecule has 0 bridgehead atoms. The van der Waals surface area contributed by atoms with Crippen LogP contribution in [-0.2, 0) is 23.2 Å². The molecule has 0 amide bonds. The van der Waals surface area contributed by atoms with Gasteiger partial charge in [0.2, 0.25) is 0 Å². The number of hydrogen-bond acceptors (Lipinski definition) is 7. The second kappa shape index (κ2) is 9.56. The summed E-state index contributed by atoms with van der Waals surface area (Å²) in [5, 5.41) is 21.0. The molecule has 1 aliphatic heterocycles. The summed E-state index contributed by atoms with van der Waals surface area (Å²) in [7, 11) is -3.97. The molecule has 1 heterocycles. The molecule has 0 radical (unpaired) electrons. The summed E-state index contributed by atoms with van der Waals surface area (Å²) in [6.07, 6.45) is 1.31. The van der Waals surface area contributed by atoms with Crippen LogP contribution in [0, 0.1) is 0 Å². The topological polar surface area (TPSA) is 135 Å². The van der Waals surface area contributed by atoms with Crippen molar-refractivity contribution < 1.29 is 33.4 Å². The third-order valence-electron chi connectivity index (χ3n) is 2.89. The minimum atomic E-state index is -3.97. The number of hydrogen-bond donors (Lipinski definition) is 3. The standard InChI is InChI=1S/C12H19N2O7P.Na.H/c1-3-7-20-22(19,8-4-9-13-5-6-14-9)21-12(2,10(15)16)11(17)18;;/h3H,1,4-8H2,2H3,(H,13,14)(H,15,16)(H,17,18);;. The van der Waals surface area contributed by atoms with Gasteiger partial charge in [0.1, 0.15) is 0 Å². The fraction of sp³-hybridized carbons (Fsp3) is 0.583. The molecule has 11 heteroatoms. The van der Waals surface area contributed by atoms with Crippen molar-refractivity contribution in [1.82, 2.24) is 5.32 Å². The molecule has 0 saturated carbocycles. The van der Waals surface area contributed by atoms with Crippen molar-refractivity contribution in [2.24, 2.45) is 4.99 Å². The maximum absolute atomic E-state index is 12.7. The van der Waals surface area contributed by atoms with Gasteiger partial charge in [0.05, 0.1) is 25.1 Å². The van der Waals surface area contributed by atoms with Crippen LogP contribution in [0.1, 0.15) is 13.3 Å². The monoisotopic (exact) mass is 358 g/mol. The van der Waals surface area contributed by atoms with Gasteiger partial charge in [-0.1, -0.05) is 6.08 Å². The second-order valence-corrected chi connectivity index (χ2v) is 6.77. The summed E-state index contributed by atoms with van der Waals surface area (Å²) in [6, 6.07) is 0.